The number of benzene rings is 2. The van der Waals surface area contributed by atoms with Gasteiger partial charge < -0.3 is 47.5 Å². The van der Waals surface area contributed by atoms with Crippen molar-refractivity contribution < 1.29 is 66.6 Å². The van der Waals surface area contributed by atoms with Crippen molar-refractivity contribution in [3.63, 3.8) is 0 Å². The molecule has 0 aliphatic carbocycles. The van der Waals surface area contributed by atoms with Crippen LogP contribution >= 0.6 is 0 Å². The zero-order valence-electron chi connectivity index (χ0n) is 35.9. The SMILES string of the molecule is CC[C@H]1OC(=O)O[C@@]1(C)[C@@H]1OC(=O)[C@H](C)C(=O)[C@H](C)[C@@H](O[C@@H]2OC(C)CC(N(C)C(=O)OCc3ccccc3)C2OC(=O)OCc2ccccc2)[C@]2(C)CC(C)C(O2)[C@@H]1C. The Morgan fingerprint density at radius 2 is 1.48 bits per heavy atom. The lowest BCUT2D eigenvalue weighted by Crippen LogP contribution is -2.60. The van der Waals surface area contributed by atoms with Gasteiger partial charge in [-0.05, 0) is 64.0 Å². The van der Waals surface area contributed by atoms with Crippen LogP contribution in [0.1, 0.15) is 85.8 Å². The molecule has 15 heteroatoms. The molecular weight excluding hydrogens is 778 g/mol. The van der Waals surface area contributed by atoms with Gasteiger partial charge in [0.2, 0.25) is 0 Å². The molecule has 0 radical (unpaired) electrons. The molecule has 0 spiro atoms. The summed E-state index contributed by atoms with van der Waals surface area (Å²) in [6, 6.07) is 17.5. The first kappa shape index (κ1) is 44.8. The van der Waals surface area contributed by atoms with Gasteiger partial charge in [-0.3, -0.25) is 9.59 Å². The summed E-state index contributed by atoms with van der Waals surface area (Å²) >= 11 is 0. The lowest BCUT2D eigenvalue weighted by Gasteiger charge is -2.46. The Bertz CT molecular complexity index is 1840. The second-order valence-corrected chi connectivity index (χ2v) is 17.2. The minimum Gasteiger partial charge on any atom is -0.457 e. The summed E-state index contributed by atoms with van der Waals surface area (Å²) in [6.07, 6.45) is -8.05. The number of ketones is 1. The fourth-order valence-corrected chi connectivity index (χ4v) is 9.47. The standard InChI is InChI=1S/C45H59NO14/c1-10-33-45(8,60-43(51)55-33)38-29(6)35-25(2)22-44(7,59-35)37(27(4)34(47)28(5)39(48)57-38)58-40-36(56-42(50)53-24-31-19-15-12-16-20-31)32(21-26(3)54-40)46(9)41(49)52-23-30-17-13-11-14-18-30/h11-20,25-29,32-33,35-38,40H,10,21-24H2,1-9H3/t25?,26?,27-,28+,29-,32?,33+,35?,36?,37+,38+,40-,44-,45+/m0/s1. The summed E-state index contributed by atoms with van der Waals surface area (Å²) in [5.74, 6) is -4.24. The molecule has 0 saturated carbocycles. The second kappa shape index (κ2) is 18.5. The number of Topliss-reactive ketones (excluding diaryl/α,β-unsaturated/α-hetero) is 1. The summed E-state index contributed by atoms with van der Waals surface area (Å²) in [6.45, 7) is 14.1. The molecule has 2 aromatic rings. The van der Waals surface area contributed by atoms with Gasteiger partial charge in [-0.2, -0.15) is 0 Å². The molecule has 4 fully saturated rings. The smallest absolute Gasteiger partial charge is 0.457 e. The van der Waals surface area contributed by atoms with Crippen molar-refractivity contribution in [3.05, 3.63) is 71.8 Å². The van der Waals surface area contributed by atoms with Crippen LogP contribution in [0.3, 0.4) is 0 Å². The van der Waals surface area contributed by atoms with Gasteiger partial charge >= 0.3 is 24.4 Å². The Morgan fingerprint density at radius 3 is 2.10 bits per heavy atom. The van der Waals surface area contributed by atoms with E-state index in [9.17, 15) is 24.0 Å². The zero-order valence-corrected chi connectivity index (χ0v) is 35.9. The number of fused-ring (bicyclic) bond motifs is 2. The van der Waals surface area contributed by atoms with Gasteiger partial charge in [0, 0.05) is 18.9 Å². The molecule has 328 valence electrons. The van der Waals surface area contributed by atoms with Gasteiger partial charge in [-0.25, -0.2) is 14.4 Å². The van der Waals surface area contributed by atoms with Crippen molar-refractivity contribution in [2.75, 3.05) is 7.05 Å². The maximum Gasteiger partial charge on any atom is 0.509 e. The number of esters is 1. The summed E-state index contributed by atoms with van der Waals surface area (Å²) < 4.78 is 55.0. The molecule has 2 aromatic carbocycles. The van der Waals surface area contributed by atoms with E-state index in [0.717, 1.165) is 11.1 Å². The third-order valence-electron chi connectivity index (χ3n) is 12.6. The van der Waals surface area contributed by atoms with Crippen molar-refractivity contribution >= 4 is 30.2 Å². The Labute approximate surface area is 351 Å². The fraction of sp³-hybridized carbons (Fsp3) is 0.622. The number of hydrogen-bond donors (Lipinski definition) is 0. The van der Waals surface area contributed by atoms with E-state index in [2.05, 4.69) is 0 Å². The van der Waals surface area contributed by atoms with Crippen LogP contribution in [0.2, 0.25) is 0 Å². The van der Waals surface area contributed by atoms with E-state index in [4.69, 9.17) is 42.6 Å². The van der Waals surface area contributed by atoms with Crippen LogP contribution in [0.15, 0.2) is 60.7 Å². The molecule has 4 aliphatic rings. The Balaban J connectivity index is 1.32. The van der Waals surface area contributed by atoms with Crippen LogP contribution in [0.25, 0.3) is 0 Å². The maximum atomic E-state index is 14.4. The number of cyclic esters (lactones) is 3. The van der Waals surface area contributed by atoms with Crippen molar-refractivity contribution in [1.82, 2.24) is 4.90 Å². The van der Waals surface area contributed by atoms with Crippen molar-refractivity contribution in [1.29, 1.82) is 0 Å². The van der Waals surface area contributed by atoms with Crippen LogP contribution in [-0.4, -0.2) is 102 Å². The Morgan fingerprint density at radius 1 is 0.867 bits per heavy atom. The molecule has 1 amide bonds. The molecule has 4 aliphatic heterocycles. The van der Waals surface area contributed by atoms with Crippen molar-refractivity contribution in [2.45, 2.75) is 148 Å². The second-order valence-electron chi connectivity index (χ2n) is 17.2. The summed E-state index contributed by atoms with van der Waals surface area (Å²) in [5, 5.41) is 0. The number of carbonyl (C=O) groups excluding carboxylic acids is 5. The predicted octanol–water partition coefficient (Wildman–Crippen LogP) is 7.16. The Hall–Kier alpha value is -4.73. The molecule has 4 saturated heterocycles. The highest BCUT2D eigenvalue weighted by atomic mass is 16.8. The highest BCUT2D eigenvalue weighted by Gasteiger charge is 2.61. The number of carbonyl (C=O) groups is 5. The largest absolute Gasteiger partial charge is 0.509 e. The minimum atomic E-state index is -1.36. The molecule has 2 bridgehead atoms. The number of nitrogens with zero attached hydrogens (tertiary/aromatic N) is 1. The molecule has 0 aromatic heterocycles. The van der Waals surface area contributed by atoms with Gasteiger partial charge in [0.15, 0.2) is 23.8 Å². The third-order valence-corrected chi connectivity index (χ3v) is 12.6. The molecule has 15 nitrogen and oxygen atoms in total. The van der Waals surface area contributed by atoms with E-state index in [0.29, 0.717) is 12.8 Å². The average Bonchev–Trinajstić information content (AvgIpc) is 3.72. The monoisotopic (exact) mass is 837 g/mol. The number of rotatable bonds is 10. The first-order valence-corrected chi connectivity index (χ1v) is 20.9. The first-order chi connectivity index (χ1) is 28.4. The highest BCUT2D eigenvalue weighted by Crippen LogP contribution is 2.48. The van der Waals surface area contributed by atoms with E-state index >= 15 is 0 Å². The number of ether oxygens (including phenoxy) is 9. The molecule has 60 heavy (non-hydrogen) atoms. The van der Waals surface area contributed by atoms with E-state index in [-0.39, 0.29) is 25.6 Å². The van der Waals surface area contributed by atoms with Gasteiger partial charge in [0.25, 0.3) is 0 Å². The summed E-state index contributed by atoms with van der Waals surface area (Å²) in [5.41, 5.74) is -1.01. The fourth-order valence-electron chi connectivity index (χ4n) is 9.47. The third kappa shape index (κ3) is 9.42. The number of hydrogen-bond acceptors (Lipinski definition) is 14. The van der Waals surface area contributed by atoms with Gasteiger partial charge in [0.1, 0.15) is 31.3 Å². The van der Waals surface area contributed by atoms with Crippen molar-refractivity contribution in [3.8, 4) is 0 Å². The molecule has 6 rings (SSSR count). The van der Waals surface area contributed by atoms with Gasteiger partial charge in [0.05, 0.1) is 30.0 Å². The zero-order chi connectivity index (χ0) is 43.5. The van der Waals surface area contributed by atoms with E-state index < -0.39 is 108 Å². The summed E-state index contributed by atoms with van der Waals surface area (Å²) in [7, 11) is 1.55. The predicted molar refractivity (Wildman–Crippen MR) is 213 cm³/mol. The van der Waals surface area contributed by atoms with Crippen LogP contribution in [0.5, 0.6) is 0 Å². The molecular formula is C45H59NO14. The normalized spacial score (nSPS) is 36.9. The number of amides is 1. The van der Waals surface area contributed by atoms with Crippen molar-refractivity contribution in [2.24, 2.45) is 23.7 Å². The maximum absolute atomic E-state index is 14.4. The molecule has 5 unspecified atom stereocenters. The van der Waals surface area contributed by atoms with Crippen LogP contribution < -0.4 is 0 Å². The van der Waals surface area contributed by atoms with Crippen LogP contribution in [-0.2, 0) is 65.4 Å². The topological polar surface area (TPSA) is 172 Å². The molecule has 4 heterocycles. The Kier molecular flexibility index (Phi) is 13.8. The van der Waals surface area contributed by atoms with Gasteiger partial charge in [-0.15, -0.1) is 0 Å². The summed E-state index contributed by atoms with van der Waals surface area (Å²) in [4.78, 5) is 69.4. The van der Waals surface area contributed by atoms with Crippen LogP contribution in [0, 0.1) is 23.7 Å². The lowest BCUT2D eigenvalue weighted by atomic mass is 9.76. The molecule has 14 atom stereocenters. The number of likely N-dealkylation sites (N-methyl/N-ethyl adjacent to an activating group) is 1. The quantitative estimate of drug-likeness (QED) is 0.134. The lowest BCUT2D eigenvalue weighted by molar-refractivity contribution is -0.296. The van der Waals surface area contributed by atoms with E-state index in [1.165, 1.54) is 11.8 Å². The first-order valence-electron chi connectivity index (χ1n) is 20.9. The van der Waals surface area contributed by atoms with Crippen LogP contribution in [0.4, 0.5) is 14.4 Å². The van der Waals surface area contributed by atoms with E-state index in [1.807, 2.05) is 76.2 Å². The molecule has 0 N–H and O–H groups in total. The van der Waals surface area contributed by atoms with Gasteiger partial charge in [-0.1, -0.05) is 88.4 Å². The van der Waals surface area contributed by atoms with E-state index in [1.54, 1.807) is 40.0 Å². The highest BCUT2D eigenvalue weighted by molar-refractivity contribution is 6.00. The average molecular weight is 838 g/mol. The minimum absolute atomic E-state index is 0.0116.